The molecule has 0 aliphatic carbocycles. The Balaban J connectivity index is 0.00000199. The first-order valence-electron chi connectivity index (χ1n) is 12.3. The molecule has 34 heavy (non-hydrogen) atoms. The van der Waals surface area contributed by atoms with Crippen LogP contribution in [0.2, 0.25) is 0 Å². The van der Waals surface area contributed by atoms with E-state index >= 15 is 0 Å². The van der Waals surface area contributed by atoms with Gasteiger partial charge in [-0.15, -0.1) is 0 Å². The molecule has 0 radical (unpaired) electrons. The van der Waals surface area contributed by atoms with Gasteiger partial charge in [0.15, 0.2) is 6.10 Å². The summed E-state index contributed by atoms with van der Waals surface area (Å²) < 4.78 is 11.6. The standard InChI is InChI=1S/C27H35NO4.C2H6/c1-8-31-26(30)25(32-27(5,6)7)24-18(3)17(2)22-16-28(15-20-12-10-9-11-13-20)23(29)14-21(22)19(24)4;1-2/h9-13,25H,8,14-16H2,1-7H3;1-2H3/t25-;/m0./s1. The molecule has 1 heterocycles. The van der Waals surface area contributed by atoms with Crippen LogP contribution in [0, 0.1) is 20.8 Å². The zero-order chi connectivity index (χ0) is 25.6. The van der Waals surface area contributed by atoms with Crippen molar-refractivity contribution in [1.29, 1.82) is 0 Å². The molecule has 0 spiro atoms. The summed E-state index contributed by atoms with van der Waals surface area (Å²) in [6.45, 7) is 19.2. The second-order valence-electron chi connectivity index (χ2n) is 9.52. The molecule has 0 saturated heterocycles. The van der Waals surface area contributed by atoms with Crippen molar-refractivity contribution in [1.82, 2.24) is 4.90 Å². The van der Waals surface area contributed by atoms with Gasteiger partial charge in [0.2, 0.25) is 5.91 Å². The topological polar surface area (TPSA) is 55.8 Å². The number of hydrogen-bond donors (Lipinski definition) is 0. The van der Waals surface area contributed by atoms with Crippen molar-refractivity contribution >= 4 is 11.9 Å². The summed E-state index contributed by atoms with van der Waals surface area (Å²) >= 11 is 0. The van der Waals surface area contributed by atoms with Crippen LogP contribution >= 0.6 is 0 Å². The average Bonchev–Trinajstić information content (AvgIpc) is 2.79. The summed E-state index contributed by atoms with van der Waals surface area (Å²) in [7, 11) is 0. The molecule has 0 aromatic heterocycles. The molecule has 0 N–H and O–H groups in total. The van der Waals surface area contributed by atoms with Crippen molar-refractivity contribution in [3.63, 3.8) is 0 Å². The van der Waals surface area contributed by atoms with Gasteiger partial charge in [0.1, 0.15) is 0 Å². The SMILES string of the molecule is CC.CCOC(=O)[C@@H](OC(C)(C)C)c1c(C)c(C)c2c(c1C)CC(=O)N(Cc1ccccc1)C2. The van der Waals surface area contributed by atoms with Crippen LogP contribution in [0.3, 0.4) is 0 Å². The van der Waals surface area contributed by atoms with E-state index in [2.05, 4.69) is 6.92 Å². The molecule has 0 bridgehead atoms. The van der Waals surface area contributed by atoms with Gasteiger partial charge in [-0.05, 0) is 87.4 Å². The second-order valence-corrected chi connectivity index (χ2v) is 9.52. The Morgan fingerprint density at radius 2 is 1.62 bits per heavy atom. The molecular formula is C29H41NO4. The highest BCUT2D eigenvalue weighted by Crippen LogP contribution is 2.38. The lowest BCUT2D eigenvalue weighted by Crippen LogP contribution is -2.37. The summed E-state index contributed by atoms with van der Waals surface area (Å²) in [5.74, 6) is -0.288. The zero-order valence-corrected chi connectivity index (χ0v) is 22.4. The molecule has 2 aromatic carbocycles. The number of benzene rings is 2. The minimum atomic E-state index is -0.823. The molecule has 1 aliphatic heterocycles. The van der Waals surface area contributed by atoms with E-state index in [1.807, 2.05) is 83.7 Å². The highest BCUT2D eigenvalue weighted by atomic mass is 16.6. The summed E-state index contributed by atoms with van der Waals surface area (Å²) in [6.07, 6.45) is -0.496. The molecule has 5 nitrogen and oxygen atoms in total. The van der Waals surface area contributed by atoms with E-state index in [0.717, 1.165) is 33.4 Å². The van der Waals surface area contributed by atoms with Crippen molar-refractivity contribution in [3.05, 3.63) is 69.3 Å². The van der Waals surface area contributed by atoms with Crippen LogP contribution in [0.4, 0.5) is 0 Å². The first-order valence-corrected chi connectivity index (χ1v) is 12.3. The van der Waals surface area contributed by atoms with E-state index in [4.69, 9.17) is 9.47 Å². The quantitative estimate of drug-likeness (QED) is 0.479. The van der Waals surface area contributed by atoms with E-state index in [0.29, 0.717) is 19.5 Å². The molecule has 1 aliphatic rings. The van der Waals surface area contributed by atoms with Crippen LogP contribution in [-0.2, 0) is 38.6 Å². The number of fused-ring (bicyclic) bond motifs is 1. The van der Waals surface area contributed by atoms with Crippen LogP contribution in [-0.4, -0.2) is 29.0 Å². The monoisotopic (exact) mass is 467 g/mol. The van der Waals surface area contributed by atoms with Gasteiger partial charge >= 0.3 is 5.97 Å². The lowest BCUT2D eigenvalue weighted by Gasteiger charge is -2.35. The Hall–Kier alpha value is -2.66. The minimum absolute atomic E-state index is 0.100. The van der Waals surface area contributed by atoms with Crippen molar-refractivity contribution in [3.8, 4) is 0 Å². The normalized spacial score (nSPS) is 14.1. The van der Waals surface area contributed by atoms with E-state index in [1.165, 1.54) is 5.56 Å². The number of carbonyl (C=O) groups excluding carboxylic acids is 2. The van der Waals surface area contributed by atoms with Crippen molar-refractivity contribution in [2.75, 3.05) is 6.61 Å². The van der Waals surface area contributed by atoms with E-state index in [1.54, 1.807) is 6.92 Å². The third-order valence-corrected chi connectivity index (χ3v) is 6.12. The second kappa shape index (κ2) is 11.7. The minimum Gasteiger partial charge on any atom is -0.464 e. The summed E-state index contributed by atoms with van der Waals surface area (Å²) in [5.41, 5.74) is 6.71. The van der Waals surface area contributed by atoms with Crippen molar-refractivity contribution < 1.29 is 19.1 Å². The van der Waals surface area contributed by atoms with Gasteiger partial charge < -0.3 is 14.4 Å². The molecule has 2 aromatic rings. The number of hydrogen-bond acceptors (Lipinski definition) is 4. The smallest absolute Gasteiger partial charge is 0.339 e. The Bertz CT molecular complexity index is 1010. The Morgan fingerprint density at radius 3 is 2.18 bits per heavy atom. The Morgan fingerprint density at radius 1 is 1.00 bits per heavy atom. The van der Waals surface area contributed by atoms with Crippen molar-refractivity contribution in [2.24, 2.45) is 0 Å². The van der Waals surface area contributed by atoms with E-state index in [-0.39, 0.29) is 18.5 Å². The summed E-state index contributed by atoms with van der Waals surface area (Å²) in [6, 6.07) is 10.1. The molecule has 3 rings (SSSR count). The molecule has 5 heteroatoms. The number of carbonyl (C=O) groups is 2. The molecular weight excluding hydrogens is 426 g/mol. The Labute approximate surface area is 205 Å². The van der Waals surface area contributed by atoms with E-state index < -0.39 is 11.7 Å². The van der Waals surface area contributed by atoms with Crippen LogP contribution in [0.25, 0.3) is 0 Å². The van der Waals surface area contributed by atoms with Gasteiger partial charge in [-0.3, -0.25) is 4.79 Å². The van der Waals surface area contributed by atoms with Gasteiger partial charge in [-0.25, -0.2) is 4.79 Å². The van der Waals surface area contributed by atoms with Gasteiger partial charge in [0.25, 0.3) is 0 Å². The highest BCUT2D eigenvalue weighted by Gasteiger charge is 2.35. The van der Waals surface area contributed by atoms with Gasteiger partial charge in [-0.2, -0.15) is 0 Å². The predicted molar refractivity (Wildman–Crippen MR) is 137 cm³/mol. The maximum absolute atomic E-state index is 13.1. The summed E-state index contributed by atoms with van der Waals surface area (Å²) in [5, 5.41) is 0. The largest absolute Gasteiger partial charge is 0.464 e. The van der Waals surface area contributed by atoms with Crippen molar-refractivity contribution in [2.45, 2.75) is 93.5 Å². The lowest BCUT2D eigenvalue weighted by molar-refractivity contribution is -0.167. The maximum Gasteiger partial charge on any atom is 0.339 e. The number of rotatable bonds is 6. The van der Waals surface area contributed by atoms with Crippen LogP contribution in [0.1, 0.15) is 86.6 Å². The van der Waals surface area contributed by atoms with Crippen LogP contribution in [0.5, 0.6) is 0 Å². The lowest BCUT2D eigenvalue weighted by atomic mass is 9.82. The average molecular weight is 468 g/mol. The molecule has 1 amide bonds. The molecule has 0 unspecified atom stereocenters. The Kier molecular flexibility index (Phi) is 9.45. The third-order valence-electron chi connectivity index (χ3n) is 6.12. The number of amides is 1. The number of ether oxygens (including phenoxy) is 2. The number of esters is 1. The van der Waals surface area contributed by atoms with Gasteiger partial charge in [0, 0.05) is 13.1 Å². The first-order chi connectivity index (χ1) is 16.0. The predicted octanol–water partition coefficient (Wildman–Crippen LogP) is 6.14. The van der Waals surface area contributed by atoms with E-state index in [9.17, 15) is 9.59 Å². The highest BCUT2D eigenvalue weighted by molar-refractivity contribution is 5.83. The van der Waals surface area contributed by atoms with Gasteiger partial charge in [-0.1, -0.05) is 44.2 Å². The fraction of sp³-hybridized carbons (Fsp3) is 0.517. The molecule has 1 atom stereocenters. The zero-order valence-electron chi connectivity index (χ0n) is 22.4. The molecule has 0 saturated carbocycles. The fourth-order valence-corrected chi connectivity index (χ4v) is 4.46. The van der Waals surface area contributed by atoms with Gasteiger partial charge in [0.05, 0.1) is 18.6 Å². The summed E-state index contributed by atoms with van der Waals surface area (Å²) in [4.78, 5) is 27.9. The maximum atomic E-state index is 13.1. The first kappa shape index (κ1) is 27.6. The van der Waals surface area contributed by atoms with Crippen LogP contribution < -0.4 is 0 Å². The molecule has 186 valence electrons. The number of nitrogens with zero attached hydrogens (tertiary/aromatic N) is 1. The molecule has 0 fully saturated rings. The fourth-order valence-electron chi connectivity index (χ4n) is 4.46. The third kappa shape index (κ3) is 6.26. The van der Waals surface area contributed by atoms with Crippen LogP contribution in [0.15, 0.2) is 30.3 Å².